The van der Waals surface area contributed by atoms with Gasteiger partial charge in [-0.3, -0.25) is 0 Å². The molecule has 2 nitrogen and oxygen atoms in total. The van der Waals surface area contributed by atoms with Crippen LogP contribution in [0.4, 0.5) is 4.39 Å². The monoisotopic (exact) mass is 293 g/mol. The molecule has 0 unspecified atom stereocenters. The van der Waals surface area contributed by atoms with Gasteiger partial charge in [-0.15, -0.1) is 0 Å². The number of ether oxygens (including phenoxy) is 1. The van der Waals surface area contributed by atoms with Crippen molar-refractivity contribution >= 4 is 0 Å². The van der Waals surface area contributed by atoms with E-state index in [4.69, 9.17) is 4.74 Å². The number of nitrogens with one attached hydrogen (secondary N) is 1. The molecule has 0 aromatic heterocycles. The van der Waals surface area contributed by atoms with Crippen LogP contribution in [-0.4, -0.2) is 11.6 Å². The van der Waals surface area contributed by atoms with Crippen molar-refractivity contribution in [1.82, 2.24) is 5.32 Å². The van der Waals surface area contributed by atoms with E-state index in [-0.39, 0.29) is 17.5 Å². The molecule has 0 amide bonds. The lowest BCUT2D eigenvalue weighted by Gasteiger charge is -2.23. The third kappa shape index (κ3) is 5.31. The minimum atomic E-state index is -0.243. The minimum Gasteiger partial charge on any atom is -0.487 e. The van der Waals surface area contributed by atoms with Crippen LogP contribution in [0.2, 0.25) is 0 Å². The normalized spacial score (nSPS) is 17.5. The van der Waals surface area contributed by atoms with Crippen LogP contribution in [-0.2, 0) is 6.54 Å². The zero-order chi connectivity index (χ0) is 15.3. The van der Waals surface area contributed by atoms with Gasteiger partial charge in [0.2, 0.25) is 0 Å². The Bertz CT molecular complexity index is 445. The van der Waals surface area contributed by atoms with E-state index < -0.39 is 0 Å². The number of halogens is 1. The Hall–Kier alpha value is -1.09. The van der Waals surface area contributed by atoms with Crippen molar-refractivity contribution < 1.29 is 9.13 Å². The number of rotatable bonds is 4. The van der Waals surface area contributed by atoms with Crippen molar-refractivity contribution in [1.29, 1.82) is 0 Å². The number of benzene rings is 1. The van der Waals surface area contributed by atoms with Gasteiger partial charge in [0.05, 0.1) is 6.10 Å². The molecule has 0 bridgehead atoms. The molecule has 1 fully saturated rings. The molecule has 2 rings (SSSR count). The average molecular weight is 293 g/mol. The highest BCUT2D eigenvalue weighted by Crippen LogP contribution is 2.28. The van der Waals surface area contributed by atoms with Crippen LogP contribution in [0.15, 0.2) is 18.2 Å². The second-order valence-electron chi connectivity index (χ2n) is 7.06. The highest BCUT2D eigenvalue weighted by molar-refractivity contribution is 5.35. The summed E-state index contributed by atoms with van der Waals surface area (Å²) in [7, 11) is 0. The molecule has 1 N–H and O–H groups in total. The molecule has 0 atom stereocenters. The topological polar surface area (TPSA) is 21.3 Å². The van der Waals surface area contributed by atoms with E-state index in [2.05, 4.69) is 26.1 Å². The fourth-order valence-corrected chi connectivity index (χ4v) is 2.71. The third-order valence-corrected chi connectivity index (χ3v) is 3.94. The van der Waals surface area contributed by atoms with Crippen molar-refractivity contribution in [3.63, 3.8) is 0 Å². The second-order valence-corrected chi connectivity index (χ2v) is 7.06. The first kappa shape index (κ1) is 16.3. The molecular weight excluding hydrogens is 265 g/mol. The smallest absolute Gasteiger partial charge is 0.165 e. The predicted molar refractivity (Wildman–Crippen MR) is 85.1 cm³/mol. The fraction of sp³-hybridized carbons (Fsp3) is 0.667. The highest BCUT2D eigenvalue weighted by Gasteiger charge is 2.19. The maximum absolute atomic E-state index is 14.2. The van der Waals surface area contributed by atoms with Crippen molar-refractivity contribution in [3.05, 3.63) is 29.6 Å². The highest BCUT2D eigenvalue weighted by atomic mass is 19.1. The van der Waals surface area contributed by atoms with E-state index in [1.807, 2.05) is 6.07 Å². The summed E-state index contributed by atoms with van der Waals surface area (Å²) in [5.74, 6) is 0.202. The van der Waals surface area contributed by atoms with Crippen LogP contribution >= 0.6 is 0 Å². The molecule has 0 saturated heterocycles. The summed E-state index contributed by atoms with van der Waals surface area (Å²) in [4.78, 5) is 0. The lowest BCUT2D eigenvalue weighted by Crippen LogP contribution is -2.35. The Kier molecular flexibility index (Phi) is 5.63. The molecule has 1 aliphatic carbocycles. The van der Waals surface area contributed by atoms with Crippen molar-refractivity contribution in [2.45, 2.75) is 77.5 Å². The first-order valence-corrected chi connectivity index (χ1v) is 8.15. The van der Waals surface area contributed by atoms with Gasteiger partial charge in [0.25, 0.3) is 0 Å². The van der Waals surface area contributed by atoms with Crippen LogP contribution < -0.4 is 10.1 Å². The van der Waals surface area contributed by atoms with Crippen LogP contribution in [0, 0.1) is 5.82 Å². The van der Waals surface area contributed by atoms with Gasteiger partial charge in [-0.1, -0.05) is 25.0 Å². The molecule has 1 aromatic rings. The summed E-state index contributed by atoms with van der Waals surface area (Å²) in [5.41, 5.74) is 0.917. The van der Waals surface area contributed by atoms with E-state index in [0.717, 1.165) is 18.4 Å². The van der Waals surface area contributed by atoms with Gasteiger partial charge < -0.3 is 10.1 Å². The summed E-state index contributed by atoms with van der Waals surface area (Å²) in [6.45, 7) is 6.96. The maximum Gasteiger partial charge on any atom is 0.165 e. The lowest BCUT2D eigenvalue weighted by molar-refractivity contribution is 0.173. The summed E-state index contributed by atoms with van der Waals surface area (Å²) in [6, 6.07) is 5.20. The van der Waals surface area contributed by atoms with E-state index in [0.29, 0.717) is 12.3 Å². The van der Waals surface area contributed by atoms with E-state index in [1.165, 1.54) is 31.7 Å². The number of hydrogen-bond acceptors (Lipinski definition) is 2. The van der Waals surface area contributed by atoms with Crippen LogP contribution in [0.25, 0.3) is 0 Å². The van der Waals surface area contributed by atoms with Gasteiger partial charge in [-0.2, -0.15) is 0 Å². The molecule has 0 radical (unpaired) electrons. The molecule has 0 heterocycles. The zero-order valence-electron chi connectivity index (χ0n) is 13.5. The van der Waals surface area contributed by atoms with Crippen molar-refractivity contribution in [2.75, 3.05) is 0 Å². The Labute approximate surface area is 128 Å². The second kappa shape index (κ2) is 7.26. The molecule has 3 heteroatoms. The zero-order valence-corrected chi connectivity index (χ0v) is 13.5. The van der Waals surface area contributed by atoms with E-state index >= 15 is 0 Å². The Morgan fingerprint density at radius 3 is 2.43 bits per heavy atom. The number of para-hydroxylation sites is 1. The molecule has 118 valence electrons. The molecule has 0 spiro atoms. The SMILES string of the molecule is CC(C)(C)NCc1cccc(F)c1OC1CCCCCC1. The van der Waals surface area contributed by atoms with Gasteiger partial charge in [0.1, 0.15) is 0 Å². The first-order chi connectivity index (χ1) is 9.96. The van der Waals surface area contributed by atoms with Crippen molar-refractivity contribution in [2.24, 2.45) is 0 Å². The Balaban J connectivity index is 2.09. The quantitative estimate of drug-likeness (QED) is 0.804. The van der Waals surface area contributed by atoms with Crippen molar-refractivity contribution in [3.8, 4) is 5.75 Å². The molecule has 1 aliphatic rings. The standard InChI is InChI=1S/C18H28FNO/c1-18(2,3)20-13-14-9-8-12-16(19)17(14)21-15-10-6-4-5-7-11-15/h8-9,12,15,20H,4-7,10-11,13H2,1-3H3. The van der Waals surface area contributed by atoms with Crippen LogP contribution in [0.5, 0.6) is 5.75 Å². The Morgan fingerprint density at radius 2 is 1.81 bits per heavy atom. The number of hydrogen-bond donors (Lipinski definition) is 1. The molecule has 21 heavy (non-hydrogen) atoms. The predicted octanol–water partition coefficient (Wildman–Crippen LogP) is 4.82. The first-order valence-electron chi connectivity index (χ1n) is 8.15. The van der Waals surface area contributed by atoms with Crippen LogP contribution in [0.3, 0.4) is 0 Å². The lowest BCUT2D eigenvalue weighted by atomic mass is 10.1. The molecule has 1 aromatic carbocycles. The average Bonchev–Trinajstić information content (AvgIpc) is 2.67. The van der Waals surface area contributed by atoms with Gasteiger partial charge in [0.15, 0.2) is 11.6 Å². The summed E-state index contributed by atoms with van der Waals surface area (Å²) < 4.78 is 20.2. The molecular formula is C18H28FNO. The minimum absolute atomic E-state index is 0.00586. The van der Waals surface area contributed by atoms with Gasteiger partial charge in [0, 0.05) is 17.6 Å². The largest absolute Gasteiger partial charge is 0.487 e. The molecule has 0 aliphatic heterocycles. The summed E-state index contributed by atoms with van der Waals surface area (Å²) in [5, 5.41) is 3.41. The van der Waals surface area contributed by atoms with Gasteiger partial charge in [-0.05, 0) is 52.5 Å². The van der Waals surface area contributed by atoms with Gasteiger partial charge >= 0.3 is 0 Å². The van der Waals surface area contributed by atoms with Crippen LogP contribution in [0.1, 0.15) is 64.9 Å². The summed E-state index contributed by atoms with van der Waals surface area (Å²) >= 11 is 0. The van der Waals surface area contributed by atoms with E-state index in [1.54, 1.807) is 6.07 Å². The maximum atomic E-state index is 14.2. The fourth-order valence-electron chi connectivity index (χ4n) is 2.71. The Morgan fingerprint density at radius 1 is 1.14 bits per heavy atom. The molecule has 1 saturated carbocycles. The van der Waals surface area contributed by atoms with Gasteiger partial charge in [-0.25, -0.2) is 4.39 Å². The third-order valence-electron chi connectivity index (χ3n) is 3.94. The summed E-state index contributed by atoms with van der Waals surface area (Å²) in [6.07, 6.45) is 7.17. The van der Waals surface area contributed by atoms with E-state index in [9.17, 15) is 4.39 Å².